The minimum absolute atomic E-state index is 0.0198. The van der Waals surface area contributed by atoms with Crippen LogP contribution in [0, 0.1) is 5.92 Å². The van der Waals surface area contributed by atoms with Gasteiger partial charge in [-0.3, -0.25) is 9.59 Å². The lowest BCUT2D eigenvalue weighted by molar-refractivity contribution is -0.176. The number of carbonyl (C=O) groups excluding carboxylic acids is 2. The van der Waals surface area contributed by atoms with E-state index in [1.807, 2.05) is 0 Å². The number of alkyl halides is 2. The lowest BCUT2D eigenvalue weighted by Gasteiger charge is -2.39. The van der Waals surface area contributed by atoms with Crippen molar-refractivity contribution in [3.63, 3.8) is 0 Å². The van der Waals surface area contributed by atoms with Gasteiger partial charge in [-0.2, -0.15) is 0 Å². The first-order valence-corrected chi connectivity index (χ1v) is 16.4. The van der Waals surface area contributed by atoms with E-state index in [2.05, 4.69) is 13.8 Å². The third kappa shape index (κ3) is 12.0. The molecule has 1 N–H and O–H groups in total. The van der Waals surface area contributed by atoms with Gasteiger partial charge in [0, 0.05) is 12.0 Å². The predicted octanol–water partition coefficient (Wildman–Crippen LogP) is 9.55. The summed E-state index contributed by atoms with van der Waals surface area (Å²) in [6.07, 6.45) is 16.1. The summed E-state index contributed by atoms with van der Waals surface area (Å²) in [5.74, 6) is -8.81. The van der Waals surface area contributed by atoms with Gasteiger partial charge in [-0.05, 0) is 38.3 Å². The normalized spacial score (nSPS) is 20.0. The molecule has 0 fully saturated rings. The Morgan fingerprint density at radius 2 is 1.44 bits per heavy atom. The van der Waals surface area contributed by atoms with Gasteiger partial charge in [-0.1, -0.05) is 115 Å². The second kappa shape index (κ2) is 18.8. The highest BCUT2D eigenvalue weighted by Gasteiger charge is 2.55. The van der Waals surface area contributed by atoms with E-state index in [9.17, 15) is 19.5 Å². The molecule has 2 rings (SSSR count). The highest BCUT2D eigenvalue weighted by atomic mass is 19.3. The number of esters is 2. The van der Waals surface area contributed by atoms with Gasteiger partial charge in [0.2, 0.25) is 0 Å². The Morgan fingerprint density at radius 1 is 0.884 bits per heavy atom. The Bertz CT molecular complexity index is 1040. The average molecular weight is 607 g/mol. The molecule has 0 radical (unpaired) electrons. The standard InChI is InChI=1S/C35H52F2O6/c1-4-6-8-10-12-13-15-17-23-31(38)43-34(25-24-30(32(39)40)35(36,37)26-34)29-22-19-18-21-28(29)33(41)42-27(3)20-16-14-11-9-7-5-2/h18-19,21-22,24-25,27,30H,4-17,20,23,26H2,1-3H3,(H,39,40). The molecule has 242 valence electrons. The van der Waals surface area contributed by atoms with E-state index in [1.165, 1.54) is 56.7 Å². The van der Waals surface area contributed by atoms with Crippen LogP contribution >= 0.6 is 0 Å². The van der Waals surface area contributed by atoms with Gasteiger partial charge in [0.1, 0.15) is 5.92 Å². The first-order valence-electron chi connectivity index (χ1n) is 16.4. The molecule has 0 saturated carbocycles. The number of halogens is 2. The summed E-state index contributed by atoms with van der Waals surface area (Å²) < 4.78 is 42.1. The molecule has 1 aliphatic rings. The van der Waals surface area contributed by atoms with Crippen molar-refractivity contribution in [3.8, 4) is 0 Å². The summed E-state index contributed by atoms with van der Waals surface area (Å²) in [6, 6.07) is 6.12. The van der Waals surface area contributed by atoms with Crippen LogP contribution in [0.4, 0.5) is 8.78 Å². The number of ether oxygens (including phenoxy) is 2. The molecule has 3 atom stereocenters. The van der Waals surface area contributed by atoms with Crippen LogP contribution < -0.4 is 0 Å². The molecule has 1 aromatic rings. The van der Waals surface area contributed by atoms with E-state index in [-0.39, 0.29) is 23.7 Å². The van der Waals surface area contributed by atoms with Gasteiger partial charge >= 0.3 is 17.9 Å². The van der Waals surface area contributed by atoms with E-state index in [4.69, 9.17) is 9.47 Å². The van der Waals surface area contributed by atoms with E-state index < -0.39 is 41.8 Å². The van der Waals surface area contributed by atoms with Crippen molar-refractivity contribution in [3.05, 3.63) is 47.5 Å². The van der Waals surface area contributed by atoms with Gasteiger partial charge < -0.3 is 14.6 Å². The van der Waals surface area contributed by atoms with Crippen molar-refractivity contribution in [2.75, 3.05) is 0 Å². The fourth-order valence-corrected chi connectivity index (χ4v) is 5.69. The number of hydrogen-bond acceptors (Lipinski definition) is 5. The third-order valence-corrected chi connectivity index (χ3v) is 8.18. The fourth-order valence-electron chi connectivity index (χ4n) is 5.69. The van der Waals surface area contributed by atoms with Crippen LogP contribution in [0.25, 0.3) is 0 Å². The molecule has 0 saturated heterocycles. The topological polar surface area (TPSA) is 89.9 Å². The molecule has 43 heavy (non-hydrogen) atoms. The maximum atomic E-state index is 15.3. The van der Waals surface area contributed by atoms with Crippen LogP contribution in [-0.4, -0.2) is 35.0 Å². The number of hydrogen-bond donors (Lipinski definition) is 1. The van der Waals surface area contributed by atoms with Crippen LogP contribution in [-0.2, 0) is 24.7 Å². The maximum absolute atomic E-state index is 15.3. The summed E-state index contributed by atoms with van der Waals surface area (Å²) >= 11 is 0. The molecule has 1 aliphatic carbocycles. The number of carboxylic acid groups (broad SMARTS) is 1. The Labute approximate surface area is 256 Å². The third-order valence-electron chi connectivity index (χ3n) is 8.18. The van der Waals surface area contributed by atoms with E-state index in [0.717, 1.165) is 51.0 Å². The van der Waals surface area contributed by atoms with Crippen molar-refractivity contribution < 1.29 is 37.7 Å². The Morgan fingerprint density at radius 3 is 2.02 bits per heavy atom. The molecule has 0 aliphatic heterocycles. The number of rotatable bonds is 21. The van der Waals surface area contributed by atoms with E-state index in [0.29, 0.717) is 12.8 Å². The molecule has 0 bridgehead atoms. The van der Waals surface area contributed by atoms with Crippen molar-refractivity contribution in [1.82, 2.24) is 0 Å². The zero-order chi connectivity index (χ0) is 31.7. The summed E-state index contributed by atoms with van der Waals surface area (Å²) in [5.41, 5.74) is -1.92. The van der Waals surface area contributed by atoms with Crippen LogP contribution in [0.2, 0.25) is 0 Å². The average Bonchev–Trinajstić information content (AvgIpc) is 2.95. The monoisotopic (exact) mass is 606 g/mol. The summed E-state index contributed by atoms with van der Waals surface area (Å²) in [5, 5.41) is 9.39. The van der Waals surface area contributed by atoms with Crippen LogP contribution in [0.3, 0.4) is 0 Å². The molecule has 0 heterocycles. The molecular weight excluding hydrogens is 554 g/mol. The SMILES string of the molecule is CCCCCCCCCCC(=O)OC1(c2ccccc2C(=O)OC(C)CCCCCCCC)C=CC(C(=O)O)C(F)(F)C1. The van der Waals surface area contributed by atoms with Gasteiger partial charge in [-0.25, -0.2) is 13.6 Å². The highest BCUT2D eigenvalue weighted by Crippen LogP contribution is 2.47. The second-order valence-electron chi connectivity index (χ2n) is 12.0. The zero-order valence-electron chi connectivity index (χ0n) is 26.4. The minimum Gasteiger partial charge on any atom is -0.481 e. The number of aliphatic carboxylic acids is 1. The lowest BCUT2D eigenvalue weighted by Crippen LogP contribution is -2.46. The van der Waals surface area contributed by atoms with E-state index >= 15 is 8.78 Å². The van der Waals surface area contributed by atoms with Crippen LogP contribution in [0.5, 0.6) is 0 Å². The minimum atomic E-state index is -3.72. The fraction of sp³-hybridized carbons (Fsp3) is 0.686. The largest absolute Gasteiger partial charge is 0.481 e. The molecule has 8 heteroatoms. The van der Waals surface area contributed by atoms with Crippen molar-refractivity contribution in [2.45, 2.75) is 148 Å². The Kier molecular flexibility index (Phi) is 15.9. The molecule has 0 spiro atoms. The van der Waals surface area contributed by atoms with Gasteiger partial charge in [0.15, 0.2) is 5.60 Å². The molecular formula is C35H52F2O6. The summed E-state index contributed by atoms with van der Waals surface area (Å²) in [6.45, 7) is 6.13. The molecule has 1 aromatic carbocycles. The quantitative estimate of drug-likeness (QED) is 0.0851. The number of carboxylic acids is 1. The molecule has 6 nitrogen and oxygen atoms in total. The molecule has 3 unspecified atom stereocenters. The smallest absolute Gasteiger partial charge is 0.338 e. The second-order valence-corrected chi connectivity index (χ2v) is 12.0. The first-order chi connectivity index (χ1) is 20.6. The maximum Gasteiger partial charge on any atom is 0.338 e. The van der Waals surface area contributed by atoms with Crippen molar-refractivity contribution in [1.29, 1.82) is 0 Å². The van der Waals surface area contributed by atoms with E-state index in [1.54, 1.807) is 19.1 Å². The first kappa shape index (κ1) is 36.4. The zero-order valence-corrected chi connectivity index (χ0v) is 26.4. The predicted molar refractivity (Wildman–Crippen MR) is 164 cm³/mol. The van der Waals surface area contributed by atoms with Crippen LogP contribution in [0.15, 0.2) is 36.4 Å². The number of unbranched alkanes of at least 4 members (excludes halogenated alkanes) is 12. The molecule has 0 aromatic heterocycles. The van der Waals surface area contributed by atoms with Gasteiger partial charge in [0.05, 0.1) is 18.1 Å². The van der Waals surface area contributed by atoms with Crippen molar-refractivity contribution >= 4 is 17.9 Å². The lowest BCUT2D eigenvalue weighted by atomic mass is 9.76. The van der Waals surface area contributed by atoms with Gasteiger partial charge in [0.25, 0.3) is 5.92 Å². The van der Waals surface area contributed by atoms with Gasteiger partial charge in [-0.15, -0.1) is 0 Å². The number of carbonyl (C=O) groups is 3. The summed E-state index contributed by atoms with van der Waals surface area (Å²) in [7, 11) is 0. The number of benzene rings is 1. The van der Waals surface area contributed by atoms with Crippen molar-refractivity contribution in [2.24, 2.45) is 5.92 Å². The summed E-state index contributed by atoms with van der Waals surface area (Å²) in [4.78, 5) is 37.9. The molecule has 0 amide bonds. The highest BCUT2D eigenvalue weighted by molar-refractivity contribution is 5.92. The Balaban J connectivity index is 2.18. The van der Waals surface area contributed by atoms with Crippen LogP contribution in [0.1, 0.15) is 146 Å². The Hall–Kier alpha value is -2.77.